The molecule has 14 rings (SSSR count). The fourth-order valence-corrected chi connectivity index (χ4v) is 15.9. The zero-order valence-electron chi connectivity index (χ0n) is 42.8. The van der Waals surface area contributed by atoms with Gasteiger partial charge in [-0.2, -0.15) is 0 Å². The molecule has 0 radical (unpaired) electrons. The van der Waals surface area contributed by atoms with Crippen molar-refractivity contribution in [2.24, 2.45) is 35.5 Å². The SMILES string of the molecule is Cc1ccc(OCc2cc(-c3ccccc3-c3cc(C(C)(C)C)cc(C45CC6CC(CC(C6)C4)C5)c3O)nc(-c3ccccc3-c3cc(C(C)(C)C)cc(C45CC6CC(CC(C6)C4)C5)c3O)c2)cc1.[Zr]. The van der Waals surface area contributed by atoms with Crippen LogP contribution in [0.3, 0.4) is 0 Å². The summed E-state index contributed by atoms with van der Waals surface area (Å²) in [6.45, 7) is 16.3. The average molecular weight is 1010 g/mol. The van der Waals surface area contributed by atoms with Gasteiger partial charge in [-0.15, -0.1) is 0 Å². The minimum atomic E-state index is -0.109. The first-order valence-corrected chi connectivity index (χ1v) is 26.7. The topological polar surface area (TPSA) is 62.6 Å². The van der Waals surface area contributed by atoms with Crippen LogP contribution in [0.25, 0.3) is 44.8 Å². The summed E-state index contributed by atoms with van der Waals surface area (Å²) in [5.74, 6) is 6.31. The van der Waals surface area contributed by atoms with Crippen LogP contribution in [-0.4, -0.2) is 15.2 Å². The van der Waals surface area contributed by atoms with E-state index < -0.39 is 0 Å². The summed E-state index contributed by atoms with van der Waals surface area (Å²) in [6, 6.07) is 39.1. The van der Waals surface area contributed by atoms with Gasteiger partial charge in [0, 0.05) is 59.6 Å². The predicted molar refractivity (Wildman–Crippen MR) is 282 cm³/mol. The van der Waals surface area contributed by atoms with E-state index in [1.165, 1.54) is 105 Å². The first-order chi connectivity index (χ1) is 33.0. The Labute approximate surface area is 437 Å². The maximum atomic E-state index is 12.9. The van der Waals surface area contributed by atoms with Crippen molar-refractivity contribution in [2.75, 3.05) is 0 Å². The van der Waals surface area contributed by atoms with Gasteiger partial charge in [-0.25, -0.2) is 4.98 Å². The van der Waals surface area contributed by atoms with Crippen molar-refractivity contribution >= 4 is 0 Å². The second-order valence-corrected chi connectivity index (χ2v) is 25.7. The third kappa shape index (κ3) is 8.54. The molecule has 0 unspecified atom stereocenters. The van der Waals surface area contributed by atoms with Crippen LogP contribution >= 0.6 is 0 Å². The smallest absolute Gasteiger partial charge is 0.127 e. The number of phenolic OH excluding ortho intramolecular Hbond substituents is 2. The van der Waals surface area contributed by atoms with E-state index in [0.29, 0.717) is 18.1 Å². The molecule has 70 heavy (non-hydrogen) atoms. The van der Waals surface area contributed by atoms with Crippen LogP contribution in [-0.2, 0) is 54.5 Å². The van der Waals surface area contributed by atoms with Crippen LogP contribution in [0.15, 0.2) is 109 Å². The van der Waals surface area contributed by atoms with Gasteiger partial charge in [-0.05, 0) is 205 Å². The van der Waals surface area contributed by atoms with Gasteiger partial charge >= 0.3 is 0 Å². The number of nitrogens with zero attached hydrogens (tertiary/aromatic N) is 1. The predicted octanol–water partition coefficient (Wildman–Crippen LogP) is 16.6. The van der Waals surface area contributed by atoms with Crippen molar-refractivity contribution in [3.05, 3.63) is 143 Å². The summed E-state index contributed by atoms with van der Waals surface area (Å²) in [4.78, 5) is 5.65. The third-order valence-corrected chi connectivity index (χ3v) is 18.5. The van der Waals surface area contributed by atoms with Crippen molar-refractivity contribution in [1.29, 1.82) is 0 Å². The number of aryl methyl sites for hydroxylation is 1. The van der Waals surface area contributed by atoms with E-state index in [9.17, 15) is 10.2 Å². The Morgan fingerprint density at radius 3 is 1.20 bits per heavy atom. The molecule has 1 heterocycles. The maximum Gasteiger partial charge on any atom is 0.127 e. The van der Waals surface area contributed by atoms with Crippen molar-refractivity contribution in [3.8, 4) is 62.0 Å². The quantitative estimate of drug-likeness (QED) is 0.151. The second-order valence-electron chi connectivity index (χ2n) is 25.7. The van der Waals surface area contributed by atoms with E-state index in [-0.39, 0.29) is 47.9 Å². The van der Waals surface area contributed by atoms with Gasteiger partial charge in [-0.3, -0.25) is 0 Å². The molecular formula is C65H73NO3Zr. The Hall–Kier alpha value is -4.47. The maximum absolute atomic E-state index is 12.9. The Kier molecular flexibility index (Phi) is 12.1. The molecule has 8 saturated carbocycles. The van der Waals surface area contributed by atoms with E-state index in [1.807, 2.05) is 12.1 Å². The van der Waals surface area contributed by atoms with E-state index in [4.69, 9.17) is 9.72 Å². The Morgan fingerprint density at radius 2 is 0.843 bits per heavy atom. The van der Waals surface area contributed by atoms with Crippen molar-refractivity contribution in [1.82, 2.24) is 4.98 Å². The van der Waals surface area contributed by atoms with Crippen LogP contribution < -0.4 is 4.74 Å². The Balaban J connectivity index is 0.00000533. The molecule has 8 fully saturated rings. The molecule has 6 aromatic rings. The summed E-state index contributed by atoms with van der Waals surface area (Å²) < 4.78 is 6.56. The summed E-state index contributed by atoms with van der Waals surface area (Å²) in [6.07, 6.45) is 15.3. The molecule has 5 aromatic carbocycles. The summed E-state index contributed by atoms with van der Waals surface area (Å²) in [5, 5.41) is 25.7. The number of benzene rings is 5. The minimum Gasteiger partial charge on any atom is -0.507 e. The molecule has 0 spiro atoms. The molecule has 0 aliphatic heterocycles. The number of aromatic nitrogens is 1. The van der Waals surface area contributed by atoms with Crippen LogP contribution in [0.2, 0.25) is 0 Å². The van der Waals surface area contributed by atoms with Crippen LogP contribution in [0.5, 0.6) is 17.2 Å². The molecule has 4 nitrogen and oxygen atoms in total. The molecule has 0 atom stereocenters. The summed E-state index contributed by atoms with van der Waals surface area (Å²) >= 11 is 0. The number of phenols is 2. The molecule has 2 N–H and O–H groups in total. The van der Waals surface area contributed by atoms with Crippen molar-refractivity contribution in [2.45, 2.75) is 154 Å². The zero-order valence-corrected chi connectivity index (χ0v) is 45.3. The van der Waals surface area contributed by atoms with E-state index in [1.54, 1.807) is 0 Å². The molecule has 8 aliphatic rings. The van der Waals surface area contributed by atoms with Crippen molar-refractivity contribution < 1.29 is 41.2 Å². The van der Waals surface area contributed by atoms with Gasteiger partial charge in [0.2, 0.25) is 0 Å². The zero-order chi connectivity index (χ0) is 47.6. The summed E-state index contributed by atoms with van der Waals surface area (Å²) in [7, 11) is 0. The molecule has 8 aliphatic carbocycles. The summed E-state index contributed by atoms with van der Waals surface area (Å²) in [5.41, 5.74) is 14.3. The molecule has 5 heteroatoms. The largest absolute Gasteiger partial charge is 0.507 e. The number of hydrogen-bond acceptors (Lipinski definition) is 4. The molecular weight excluding hydrogens is 934 g/mol. The number of pyridine rings is 1. The first kappa shape index (κ1) is 47.8. The van der Waals surface area contributed by atoms with Gasteiger partial charge < -0.3 is 14.9 Å². The molecule has 0 saturated heterocycles. The molecule has 8 bridgehead atoms. The standard InChI is InChI=1S/C65H73NO3.Zr/c1-39-16-18-49(19-17-39)69-38-46-26-58(52-14-10-8-12-50(52)54-28-47(62(2,3)4)30-56(60(54)67)64-32-40-20-41(33-64)22-42(21-40)34-64)66-59(27-46)53-15-11-9-13-51(53)55-29-48(63(5,6)7)31-57(61(55)68)65-35-43-23-44(36-65)25-45(24-43)37-65;/h8-19,26-31,40-45,67-68H,20-25,32-38H2,1-7H3;. The van der Waals surface area contributed by atoms with Crippen LogP contribution in [0.4, 0.5) is 0 Å². The van der Waals surface area contributed by atoms with E-state index >= 15 is 0 Å². The van der Waals surface area contributed by atoms with Gasteiger partial charge in [0.25, 0.3) is 0 Å². The minimum absolute atomic E-state index is 0. The first-order valence-electron chi connectivity index (χ1n) is 26.7. The number of aromatic hydroxyl groups is 2. The van der Waals surface area contributed by atoms with Gasteiger partial charge in [0.1, 0.15) is 23.9 Å². The average Bonchev–Trinajstić information content (AvgIpc) is 3.30. The second kappa shape index (κ2) is 17.6. The van der Waals surface area contributed by atoms with Gasteiger partial charge in [0.15, 0.2) is 0 Å². The molecule has 360 valence electrons. The van der Waals surface area contributed by atoms with Gasteiger partial charge in [-0.1, -0.05) is 120 Å². The van der Waals surface area contributed by atoms with E-state index in [0.717, 1.165) is 91.6 Å². The number of rotatable bonds is 9. The van der Waals surface area contributed by atoms with Crippen LogP contribution in [0, 0.1) is 42.4 Å². The molecule has 1 aromatic heterocycles. The van der Waals surface area contributed by atoms with Crippen molar-refractivity contribution in [3.63, 3.8) is 0 Å². The van der Waals surface area contributed by atoms with E-state index in [2.05, 4.69) is 146 Å². The fraction of sp³-hybridized carbons (Fsp3) is 0.462. The normalized spacial score (nSPS) is 27.4. The Morgan fingerprint density at radius 1 is 0.486 bits per heavy atom. The number of ether oxygens (including phenoxy) is 1. The fourth-order valence-electron chi connectivity index (χ4n) is 15.9. The monoisotopic (exact) mass is 1010 g/mol. The molecule has 0 amide bonds. The van der Waals surface area contributed by atoms with Crippen LogP contribution in [0.1, 0.15) is 152 Å². The number of hydrogen-bond donors (Lipinski definition) is 2. The Bertz CT molecular complexity index is 2720. The third-order valence-electron chi connectivity index (χ3n) is 18.5. The van der Waals surface area contributed by atoms with Gasteiger partial charge in [0.05, 0.1) is 11.4 Å².